The highest BCUT2D eigenvalue weighted by Gasteiger charge is 2.18. The molecular weight excluding hydrogens is 489 g/mol. The number of carbonyl (C=O) groups is 3. The number of hydrogen-bond acceptors (Lipinski definition) is 4. The molecule has 1 atom stereocenters. The number of carbonyl (C=O) groups excluding carboxylic acids is 3. The average Bonchev–Trinajstić information content (AvgIpc) is 2.86. The summed E-state index contributed by atoms with van der Waals surface area (Å²) in [5.74, 6) is -1.15. The zero-order valence-electron chi connectivity index (χ0n) is 18.5. The van der Waals surface area contributed by atoms with E-state index in [9.17, 15) is 14.4 Å². The summed E-state index contributed by atoms with van der Waals surface area (Å²) in [6.07, 6.45) is 3.77. The van der Waals surface area contributed by atoms with Gasteiger partial charge in [0.1, 0.15) is 0 Å². The molecule has 0 bridgehead atoms. The van der Waals surface area contributed by atoms with Crippen molar-refractivity contribution < 1.29 is 19.6 Å². The van der Waals surface area contributed by atoms with Gasteiger partial charge in [-0.1, -0.05) is 71.7 Å². The number of hydroxylamine groups is 1. The maximum atomic E-state index is 12.6. The smallest absolute Gasteiger partial charge is 0.322 e. The molecular formula is C26H23Cl2N3O4. The zero-order valence-corrected chi connectivity index (χ0v) is 20.0. The lowest BCUT2D eigenvalue weighted by molar-refractivity contribution is -0.124. The molecule has 0 spiro atoms. The number of amides is 4. The van der Waals surface area contributed by atoms with E-state index in [-0.39, 0.29) is 0 Å². The number of hydrogen-bond donors (Lipinski definition) is 4. The lowest BCUT2D eigenvalue weighted by atomic mass is 9.98. The Morgan fingerprint density at radius 3 is 2.31 bits per heavy atom. The Balaban J connectivity index is 1.75. The Morgan fingerprint density at radius 1 is 0.943 bits per heavy atom. The monoisotopic (exact) mass is 511 g/mol. The van der Waals surface area contributed by atoms with Gasteiger partial charge in [-0.25, -0.2) is 10.3 Å². The molecule has 0 saturated heterocycles. The van der Waals surface area contributed by atoms with Gasteiger partial charge >= 0.3 is 6.03 Å². The van der Waals surface area contributed by atoms with E-state index < -0.39 is 23.9 Å². The molecule has 4 amide bonds. The van der Waals surface area contributed by atoms with Crippen LogP contribution in [0.2, 0.25) is 10.0 Å². The molecule has 35 heavy (non-hydrogen) atoms. The summed E-state index contributed by atoms with van der Waals surface area (Å²) in [7, 11) is 0. The Labute approximate surface area is 212 Å². The van der Waals surface area contributed by atoms with E-state index in [1.54, 1.807) is 54.6 Å². The third-order valence-electron chi connectivity index (χ3n) is 5.16. The van der Waals surface area contributed by atoms with Gasteiger partial charge in [-0.05, 0) is 59.9 Å². The van der Waals surface area contributed by atoms with E-state index in [1.165, 1.54) is 17.6 Å². The van der Waals surface area contributed by atoms with Crippen LogP contribution in [-0.4, -0.2) is 23.1 Å². The minimum atomic E-state index is -0.645. The van der Waals surface area contributed by atoms with Crippen LogP contribution in [0.3, 0.4) is 0 Å². The molecule has 9 heteroatoms. The molecule has 3 aromatic rings. The standard InChI is InChI=1S/C26H23Cl2N3O4/c27-21-13-11-18(22(28)16-21)12-14-23(19-9-6-17(7-10-19)8-15-24(32)31-35)29-26(34)30-25(33)20-4-2-1-3-5-20/h1-11,13,15-16,23,35H,12,14H2,(H,31,32)(H2,29,30,33,34). The Hall–Kier alpha value is -3.65. The number of urea groups is 1. The van der Waals surface area contributed by atoms with Crippen molar-refractivity contribution in [1.82, 2.24) is 16.1 Å². The molecule has 3 aromatic carbocycles. The summed E-state index contributed by atoms with van der Waals surface area (Å²) in [6, 6.07) is 19.8. The Morgan fingerprint density at radius 2 is 1.66 bits per heavy atom. The van der Waals surface area contributed by atoms with Gasteiger partial charge in [-0.15, -0.1) is 0 Å². The zero-order chi connectivity index (χ0) is 25.2. The summed E-state index contributed by atoms with van der Waals surface area (Å²) < 4.78 is 0. The topological polar surface area (TPSA) is 108 Å². The van der Waals surface area contributed by atoms with Crippen LogP contribution in [0.5, 0.6) is 0 Å². The summed E-state index contributed by atoms with van der Waals surface area (Å²) in [5, 5.41) is 14.9. The maximum absolute atomic E-state index is 12.6. The van der Waals surface area contributed by atoms with Gasteiger partial charge in [0.25, 0.3) is 11.8 Å². The summed E-state index contributed by atoms with van der Waals surface area (Å²) in [6.45, 7) is 0. The lowest BCUT2D eigenvalue weighted by Gasteiger charge is -2.20. The molecule has 4 N–H and O–H groups in total. The summed E-state index contributed by atoms with van der Waals surface area (Å²) >= 11 is 12.3. The number of nitrogens with one attached hydrogen (secondary N) is 3. The predicted octanol–water partition coefficient (Wildman–Crippen LogP) is 5.33. The molecule has 0 saturated carbocycles. The van der Waals surface area contributed by atoms with Crippen molar-refractivity contribution in [3.63, 3.8) is 0 Å². The van der Waals surface area contributed by atoms with Crippen molar-refractivity contribution in [2.75, 3.05) is 0 Å². The number of imide groups is 1. The van der Waals surface area contributed by atoms with E-state index in [1.807, 2.05) is 18.2 Å². The molecule has 0 aliphatic rings. The highest BCUT2D eigenvalue weighted by molar-refractivity contribution is 6.35. The van der Waals surface area contributed by atoms with Crippen LogP contribution in [0.25, 0.3) is 6.08 Å². The molecule has 0 heterocycles. The van der Waals surface area contributed by atoms with E-state index >= 15 is 0 Å². The first kappa shape index (κ1) is 26.0. The Bertz CT molecular complexity index is 1220. The lowest BCUT2D eigenvalue weighted by Crippen LogP contribution is -2.41. The van der Waals surface area contributed by atoms with Crippen molar-refractivity contribution in [2.45, 2.75) is 18.9 Å². The van der Waals surface area contributed by atoms with E-state index in [0.717, 1.165) is 16.7 Å². The maximum Gasteiger partial charge on any atom is 0.322 e. The van der Waals surface area contributed by atoms with Crippen molar-refractivity contribution in [3.05, 3.63) is 111 Å². The molecule has 180 valence electrons. The molecule has 0 fully saturated rings. The van der Waals surface area contributed by atoms with Gasteiger partial charge in [0.2, 0.25) is 0 Å². The van der Waals surface area contributed by atoms with Crippen molar-refractivity contribution in [2.24, 2.45) is 0 Å². The summed E-state index contributed by atoms with van der Waals surface area (Å²) in [4.78, 5) is 36.2. The highest BCUT2D eigenvalue weighted by atomic mass is 35.5. The second-order valence-corrected chi connectivity index (χ2v) is 8.44. The third kappa shape index (κ3) is 7.96. The normalized spacial score (nSPS) is 11.6. The fourth-order valence-corrected chi connectivity index (χ4v) is 3.86. The Kier molecular flexibility index (Phi) is 9.43. The second kappa shape index (κ2) is 12.7. The number of halogens is 2. The van der Waals surface area contributed by atoms with E-state index in [0.29, 0.717) is 28.5 Å². The van der Waals surface area contributed by atoms with Crippen LogP contribution in [0.15, 0.2) is 78.9 Å². The van der Waals surface area contributed by atoms with Gasteiger partial charge in [-0.3, -0.25) is 20.1 Å². The number of benzene rings is 3. The first-order valence-corrected chi connectivity index (χ1v) is 11.4. The van der Waals surface area contributed by atoms with Gasteiger partial charge in [-0.2, -0.15) is 0 Å². The molecule has 0 aliphatic carbocycles. The molecule has 0 radical (unpaired) electrons. The molecule has 0 aromatic heterocycles. The quantitative estimate of drug-likeness (QED) is 0.186. The van der Waals surface area contributed by atoms with Crippen LogP contribution < -0.4 is 16.1 Å². The highest BCUT2D eigenvalue weighted by Crippen LogP contribution is 2.26. The number of rotatable bonds is 8. The van der Waals surface area contributed by atoms with Gasteiger partial charge in [0.05, 0.1) is 6.04 Å². The van der Waals surface area contributed by atoms with Crippen molar-refractivity contribution >= 4 is 47.1 Å². The van der Waals surface area contributed by atoms with Crippen LogP contribution in [-0.2, 0) is 11.2 Å². The van der Waals surface area contributed by atoms with Crippen molar-refractivity contribution in [1.29, 1.82) is 0 Å². The van der Waals surface area contributed by atoms with Gasteiger partial charge in [0, 0.05) is 21.7 Å². The van der Waals surface area contributed by atoms with Crippen LogP contribution in [0, 0.1) is 0 Å². The van der Waals surface area contributed by atoms with Crippen LogP contribution in [0.1, 0.15) is 39.5 Å². The predicted molar refractivity (Wildman–Crippen MR) is 135 cm³/mol. The molecule has 1 unspecified atom stereocenters. The first-order valence-electron chi connectivity index (χ1n) is 10.7. The summed E-state index contributed by atoms with van der Waals surface area (Å²) in [5.41, 5.74) is 4.29. The molecule has 7 nitrogen and oxygen atoms in total. The largest absolute Gasteiger partial charge is 0.331 e. The van der Waals surface area contributed by atoms with Crippen LogP contribution >= 0.6 is 23.2 Å². The molecule has 3 rings (SSSR count). The van der Waals surface area contributed by atoms with Crippen molar-refractivity contribution in [3.8, 4) is 0 Å². The van der Waals surface area contributed by atoms with Gasteiger partial charge in [0.15, 0.2) is 0 Å². The minimum Gasteiger partial charge on any atom is -0.331 e. The SMILES string of the molecule is O=C(C=Cc1ccc(C(CCc2ccc(Cl)cc2Cl)NC(=O)NC(=O)c2ccccc2)cc1)NO. The average molecular weight is 512 g/mol. The minimum absolute atomic E-state index is 0.371. The number of aryl methyl sites for hydroxylation is 1. The fourth-order valence-electron chi connectivity index (χ4n) is 3.35. The molecule has 0 aliphatic heterocycles. The third-order valence-corrected chi connectivity index (χ3v) is 5.75. The second-order valence-electron chi connectivity index (χ2n) is 7.60. The first-order chi connectivity index (χ1) is 16.9. The van der Waals surface area contributed by atoms with E-state index in [2.05, 4.69) is 10.6 Å². The fraction of sp³-hybridized carbons (Fsp3) is 0.115. The van der Waals surface area contributed by atoms with Crippen LogP contribution in [0.4, 0.5) is 4.79 Å². The van der Waals surface area contributed by atoms with Gasteiger partial charge < -0.3 is 5.32 Å². The van der Waals surface area contributed by atoms with E-state index in [4.69, 9.17) is 28.4 Å².